The molecule has 0 heterocycles. The minimum Gasteiger partial charge on any atom is -0.497 e. The van der Waals surface area contributed by atoms with Crippen molar-refractivity contribution in [3.05, 3.63) is 47.5 Å². The van der Waals surface area contributed by atoms with Gasteiger partial charge in [-0.15, -0.1) is 0 Å². The standard InChI is InChI=1S/C21H28N2O5/c1-23(2)17(14-7-9-16(25-3)10-8-14)13-22-21(24)15-11-18(26-4)20(28-6)19(12-15)27-5/h7-12,17H,13H2,1-6H3,(H,22,24)/p+1/t17-/m1/s1. The normalized spacial score (nSPS) is 11.7. The van der Waals surface area contributed by atoms with Crippen LogP contribution < -0.4 is 29.2 Å². The van der Waals surface area contributed by atoms with Gasteiger partial charge in [-0.25, -0.2) is 0 Å². The Kier molecular flexibility index (Phi) is 7.52. The number of hydrogen-bond acceptors (Lipinski definition) is 5. The summed E-state index contributed by atoms with van der Waals surface area (Å²) in [7, 11) is 10.3. The fourth-order valence-corrected chi connectivity index (χ4v) is 3.00. The number of quaternary nitrogens is 1. The highest BCUT2D eigenvalue weighted by atomic mass is 16.5. The summed E-state index contributed by atoms with van der Waals surface area (Å²) in [6, 6.07) is 11.3. The van der Waals surface area contributed by atoms with Gasteiger partial charge in [0.1, 0.15) is 11.8 Å². The van der Waals surface area contributed by atoms with Crippen LogP contribution in [0.15, 0.2) is 36.4 Å². The molecule has 0 aliphatic rings. The SMILES string of the molecule is COc1ccc([C@@H](CNC(=O)c2cc(OC)c(OC)c(OC)c2)[NH+](C)C)cc1. The first-order chi connectivity index (χ1) is 13.4. The number of carbonyl (C=O) groups excluding carboxylic acids is 1. The Morgan fingerprint density at radius 3 is 1.93 bits per heavy atom. The maximum Gasteiger partial charge on any atom is 0.251 e. The lowest BCUT2D eigenvalue weighted by atomic mass is 10.1. The minimum atomic E-state index is -0.209. The summed E-state index contributed by atoms with van der Waals surface area (Å²) in [5.41, 5.74) is 1.56. The molecule has 0 fully saturated rings. The van der Waals surface area contributed by atoms with Crippen LogP contribution >= 0.6 is 0 Å². The lowest BCUT2D eigenvalue weighted by Crippen LogP contribution is -3.07. The summed E-state index contributed by atoms with van der Waals surface area (Å²) in [6.07, 6.45) is 0. The monoisotopic (exact) mass is 389 g/mol. The van der Waals surface area contributed by atoms with Crippen molar-refractivity contribution in [3.8, 4) is 23.0 Å². The van der Waals surface area contributed by atoms with E-state index in [-0.39, 0.29) is 11.9 Å². The van der Waals surface area contributed by atoms with E-state index in [4.69, 9.17) is 18.9 Å². The predicted octanol–water partition coefficient (Wildman–Crippen LogP) is 1.34. The molecule has 2 rings (SSSR count). The van der Waals surface area contributed by atoms with Crippen LogP contribution in [0.3, 0.4) is 0 Å². The Bertz CT molecular complexity index is 765. The molecule has 0 saturated heterocycles. The first-order valence-electron chi connectivity index (χ1n) is 8.97. The van der Waals surface area contributed by atoms with Crippen molar-refractivity contribution in [3.63, 3.8) is 0 Å². The van der Waals surface area contributed by atoms with E-state index in [9.17, 15) is 4.79 Å². The Balaban J connectivity index is 2.18. The predicted molar refractivity (Wildman–Crippen MR) is 107 cm³/mol. The van der Waals surface area contributed by atoms with Crippen LogP contribution in [0.4, 0.5) is 0 Å². The van der Waals surface area contributed by atoms with Crippen molar-refractivity contribution in [1.82, 2.24) is 5.32 Å². The summed E-state index contributed by atoms with van der Waals surface area (Å²) < 4.78 is 21.2. The molecule has 28 heavy (non-hydrogen) atoms. The van der Waals surface area contributed by atoms with Gasteiger partial charge in [0, 0.05) is 11.1 Å². The Morgan fingerprint density at radius 2 is 1.50 bits per heavy atom. The van der Waals surface area contributed by atoms with E-state index in [0.717, 1.165) is 11.3 Å². The second kappa shape index (κ2) is 9.85. The largest absolute Gasteiger partial charge is 0.497 e. The number of carbonyl (C=O) groups is 1. The molecule has 0 aromatic heterocycles. The molecule has 0 unspecified atom stereocenters. The van der Waals surface area contributed by atoms with Crippen LogP contribution in [0.2, 0.25) is 0 Å². The maximum atomic E-state index is 12.7. The van der Waals surface area contributed by atoms with Crippen molar-refractivity contribution in [2.75, 3.05) is 49.1 Å². The molecule has 2 aromatic rings. The first kappa shape index (κ1) is 21.4. The van der Waals surface area contributed by atoms with Gasteiger partial charge in [-0.2, -0.15) is 0 Å². The van der Waals surface area contributed by atoms with Crippen LogP contribution in [-0.2, 0) is 0 Å². The second-order valence-electron chi connectivity index (χ2n) is 6.53. The molecule has 0 radical (unpaired) electrons. The molecule has 0 bridgehead atoms. The van der Waals surface area contributed by atoms with Crippen molar-refractivity contribution in [2.45, 2.75) is 6.04 Å². The Labute approximate surface area is 166 Å². The number of methoxy groups -OCH3 is 4. The number of hydrogen-bond donors (Lipinski definition) is 2. The lowest BCUT2D eigenvalue weighted by Gasteiger charge is -2.22. The van der Waals surface area contributed by atoms with Crippen molar-refractivity contribution in [2.24, 2.45) is 0 Å². The van der Waals surface area contributed by atoms with E-state index in [1.807, 2.05) is 24.3 Å². The van der Waals surface area contributed by atoms with E-state index in [1.54, 1.807) is 19.2 Å². The third kappa shape index (κ3) is 4.86. The molecule has 0 aliphatic carbocycles. The average Bonchev–Trinajstić information content (AvgIpc) is 2.72. The topological polar surface area (TPSA) is 70.5 Å². The van der Waals surface area contributed by atoms with Crippen molar-refractivity contribution in [1.29, 1.82) is 0 Å². The number of rotatable bonds is 9. The molecule has 2 N–H and O–H groups in total. The maximum absolute atomic E-state index is 12.7. The number of nitrogens with one attached hydrogen (secondary N) is 2. The summed E-state index contributed by atoms with van der Waals surface area (Å²) in [4.78, 5) is 14.0. The molecule has 0 spiro atoms. The molecule has 0 aliphatic heterocycles. The Hall–Kier alpha value is -2.93. The first-order valence-corrected chi connectivity index (χ1v) is 8.97. The van der Waals surface area contributed by atoms with Gasteiger partial charge in [0.15, 0.2) is 11.5 Å². The van der Waals surface area contributed by atoms with Crippen LogP contribution in [0.1, 0.15) is 22.0 Å². The highest BCUT2D eigenvalue weighted by Crippen LogP contribution is 2.38. The van der Waals surface area contributed by atoms with Gasteiger partial charge in [0.25, 0.3) is 5.91 Å². The van der Waals surface area contributed by atoms with Gasteiger partial charge in [-0.1, -0.05) is 0 Å². The molecule has 7 nitrogen and oxygen atoms in total. The molecule has 2 aromatic carbocycles. The summed E-state index contributed by atoms with van der Waals surface area (Å²) >= 11 is 0. The lowest BCUT2D eigenvalue weighted by molar-refractivity contribution is -0.890. The highest BCUT2D eigenvalue weighted by Gasteiger charge is 2.21. The van der Waals surface area contributed by atoms with E-state index in [2.05, 4.69) is 19.4 Å². The number of benzene rings is 2. The van der Waals surface area contributed by atoms with E-state index in [0.29, 0.717) is 29.4 Å². The van der Waals surface area contributed by atoms with Gasteiger partial charge in [0.2, 0.25) is 5.75 Å². The zero-order valence-corrected chi connectivity index (χ0v) is 17.3. The molecule has 152 valence electrons. The van der Waals surface area contributed by atoms with Crippen molar-refractivity contribution >= 4 is 5.91 Å². The summed E-state index contributed by atoms with van der Waals surface area (Å²) in [6.45, 7) is 0.476. The van der Waals surface area contributed by atoms with E-state index in [1.165, 1.54) is 26.2 Å². The average molecular weight is 389 g/mol. The third-order valence-corrected chi connectivity index (χ3v) is 4.61. The smallest absolute Gasteiger partial charge is 0.251 e. The Morgan fingerprint density at radius 1 is 0.929 bits per heavy atom. The van der Waals surface area contributed by atoms with Gasteiger partial charge in [-0.3, -0.25) is 4.79 Å². The van der Waals surface area contributed by atoms with E-state index < -0.39 is 0 Å². The molecular formula is C21H29N2O5+. The van der Waals surface area contributed by atoms with Crippen LogP contribution in [0, 0.1) is 0 Å². The highest BCUT2D eigenvalue weighted by molar-refractivity contribution is 5.95. The second-order valence-corrected chi connectivity index (χ2v) is 6.53. The number of likely N-dealkylation sites (N-methyl/N-ethyl adjacent to an activating group) is 1. The van der Waals surface area contributed by atoms with Crippen molar-refractivity contribution < 1.29 is 28.6 Å². The van der Waals surface area contributed by atoms with Gasteiger partial charge in [0.05, 0.1) is 49.1 Å². The molecule has 1 atom stereocenters. The van der Waals surface area contributed by atoms with Gasteiger partial charge < -0.3 is 29.2 Å². The third-order valence-electron chi connectivity index (χ3n) is 4.61. The van der Waals surface area contributed by atoms with Crippen LogP contribution in [-0.4, -0.2) is 55.0 Å². The van der Waals surface area contributed by atoms with Gasteiger partial charge in [-0.05, 0) is 36.4 Å². The molecular weight excluding hydrogens is 360 g/mol. The zero-order chi connectivity index (χ0) is 20.7. The van der Waals surface area contributed by atoms with Gasteiger partial charge >= 0.3 is 0 Å². The number of ether oxygens (including phenoxy) is 4. The molecule has 0 saturated carbocycles. The quantitative estimate of drug-likeness (QED) is 0.677. The number of amides is 1. The fourth-order valence-electron chi connectivity index (χ4n) is 3.00. The van der Waals surface area contributed by atoms with E-state index >= 15 is 0 Å². The minimum absolute atomic E-state index is 0.0943. The molecule has 1 amide bonds. The van der Waals surface area contributed by atoms with Crippen LogP contribution in [0.5, 0.6) is 23.0 Å². The zero-order valence-electron chi connectivity index (χ0n) is 17.3. The summed E-state index contributed by atoms with van der Waals surface area (Å²) in [5, 5.41) is 3.00. The summed E-state index contributed by atoms with van der Waals surface area (Å²) in [5.74, 6) is 1.93. The fraction of sp³-hybridized carbons (Fsp3) is 0.381. The van der Waals surface area contributed by atoms with Crippen LogP contribution in [0.25, 0.3) is 0 Å². The molecule has 7 heteroatoms.